The molecule has 5 nitrogen and oxygen atoms in total. The van der Waals surface area contributed by atoms with Crippen LogP contribution in [0.2, 0.25) is 0 Å². The van der Waals surface area contributed by atoms with E-state index in [0.717, 1.165) is 6.54 Å². The van der Waals surface area contributed by atoms with Crippen LogP contribution in [0.3, 0.4) is 0 Å². The van der Waals surface area contributed by atoms with Gasteiger partial charge in [0.15, 0.2) is 0 Å². The predicted molar refractivity (Wildman–Crippen MR) is 75.9 cm³/mol. The van der Waals surface area contributed by atoms with Gasteiger partial charge in [0.1, 0.15) is 0 Å². The van der Waals surface area contributed by atoms with Crippen LogP contribution in [0.4, 0.5) is 0 Å². The average Bonchev–Trinajstić information content (AvgIpc) is 2.46. The van der Waals surface area contributed by atoms with Crippen LogP contribution in [0.25, 0.3) is 0 Å². The quantitative estimate of drug-likeness (QED) is 0.877. The minimum Gasteiger partial charge on any atom is -0.478 e. The van der Waals surface area contributed by atoms with Crippen LogP contribution in [0.15, 0.2) is 24.3 Å². The molecule has 0 unspecified atom stereocenters. The number of nitrogens with one attached hydrogen (secondary N) is 1. The highest BCUT2D eigenvalue weighted by molar-refractivity contribution is 5.97. The summed E-state index contributed by atoms with van der Waals surface area (Å²) in [4.78, 5) is 25.2. The fraction of sp³-hybridized carbons (Fsp3) is 0.467. The molecule has 5 heteroatoms. The number of carbonyl (C=O) groups excluding carboxylic acids is 1. The van der Waals surface area contributed by atoms with Crippen LogP contribution >= 0.6 is 0 Å². The first-order valence-corrected chi connectivity index (χ1v) is 6.85. The third-order valence-corrected chi connectivity index (χ3v) is 3.65. The second-order valence-corrected chi connectivity index (χ2v) is 5.44. The molecule has 1 aromatic rings. The SMILES string of the molecule is CC(C)[C@H]1CN(C(=O)c2cccc(C(=O)O)c2)CCN1. The zero-order chi connectivity index (χ0) is 14.7. The molecule has 0 radical (unpaired) electrons. The Morgan fingerprint density at radius 3 is 2.70 bits per heavy atom. The molecular formula is C15H20N2O3. The molecule has 0 spiro atoms. The van der Waals surface area contributed by atoms with E-state index < -0.39 is 5.97 Å². The van der Waals surface area contributed by atoms with Crippen molar-refractivity contribution in [3.63, 3.8) is 0 Å². The van der Waals surface area contributed by atoms with Gasteiger partial charge in [0, 0.05) is 31.2 Å². The molecule has 2 rings (SSSR count). The van der Waals surface area contributed by atoms with Crippen molar-refractivity contribution in [1.29, 1.82) is 0 Å². The third-order valence-electron chi connectivity index (χ3n) is 3.65. The van der Waals surface area contributed by atoms with E-state index in [-0.39, 0.29) is 17.5 Å². The van der Waals surface area contributed by atoms with E-state index in [1.54, 1.807) is 17.0 Å². The average molecular weight is 276 g/mol. The maximum Gasteiger partial charge on any atom is 0.335 e. The van der Waals surface area contributed by atoms with E-state index in [4.69, 9.17) is 5.11 Å². The molecule has 1 atom stereocenters. The number of carboxylic acids is 1. The molecule has 2 N–H and O–H groups in total. The molecule has 0 saturated carbocycles. The molecule has 20 heavy (non-hydrogen) atoms. The summed E-state index contributed by atoms with van der Waals surface area (Å²) in [5.41, 5.74) is 0.584. The highest BCUT2D eigenvalue weighted by Gasteiger charge is 2.26. The van der Waals surface area contributed by atoms with Crippen LogP contribution in [0, 0.1) is 5.92 Å². The molecule has 0 aliphatic carbocycles. The van der Waals surface area contributed by atoms with Gasteiger partial charge in [0.2, 0.25) is 0 Å². The summed E-state index contributed by atoms with van der Waals surface area (Å²) in [5.74, 6) is -0.656. The van der Waals surface area contributed by atoms with Crippen LogP contribution in [0.1, 0.15) is 34.6 Å². The van der Waals surface area contributed by atoms with Gasteiger partial charge >= 0.3 is 5.97 Å². The third kappa shape index (κ3) is 3.17. The number of rotatable bonds is 3. The summed E-state index contributed by atoms with van der Waals surface area (Å²) in [6, 6.07) is 6.50. The number of hydrogen-bond acceptors (Lipinski definition) is 3. The lowest BCUT2D eigenvalue weighted by molar-refractivity contribution is 0.0684. The standard InChI is InChI=1S/C15H20N2O3/c1-10(2)13-9-17(7-6-16-13)14(18)11-4-3-5-12(8-11)15(19)20/h3-5,8,10,13,16H,6-7,9H2,1-2H3,(H,19,20)/t13-/m1/s1. The van der Waals surface area contributed by atoms with Gasteiger partial charge in [-0.3, -0.25) is 4.79 Å². The van der Waals surface area contributed by atoms with Gasteiger partial charge in [0.25, 0.3) is 5.91 Å². The molecule has 1 amide bonds. The molecule has 1 fully saturated rings. The van der Waals surface area contributed by atoms with Crippen LogP contribution in [-0.4, -0.2) is 47.6 Å². The van der Waals surface area contributed by atoms with Crippen molar-refractivity contribution >= 4 is 11.9 Å². The summed E-state index contributed by atoms with van der Waals surface area (Å²) < 4.78 is 0. The van der Waals surface area contributed by atoms with Gasteiger partial charge in [-0.25, -0.2) is 4.79 Å². The normalized spacial score (nSPS) is 19.1. The van der Waals surface area contributed by atoms with Gasteiger partial charge in [0.05, 0.1) is 5.56 Å². The fourth-order valence-electron chi connectivity index (χ4n) is 2.38. The summed E-state index contributed by atoms with van der Waals surface area (Å²) in [5, 5.41) is 12.4. The van der Waals surface area contributed by atoms with E-state index in [2.05, 4.69) is 19.2 Å². The molecule has 1 heterocycles. The van der Waals surface area contributed by atoms with Crippen molar-refractivity contribution in [2.45, 2.75) is 19.9 Å². The smallest absolute Gasteiger partial charge is 0.335 e. The number of amides is 1. The maximum absolute atomic E-state index is 12.4. The molecule has 1 aliphatic rings. The highest BCUT2D eigenvalue weighted by Crippen LogP contribution is 2.13. The van der Waals surface area contributed by atoms with Gasteiger partial charge in [-0.15, -0.1) is 0 Å². The molecule has 1 saturated heterocycles. The zero-order valence-electron chi connectivity index (χ0n) is 11.8. The lowest BCUT2D eigenvalue weighted by atomic mass is 10.0. The number of benzene rings is 1. The Labute approximate surface area is 118 Å². The van der Waals surface area contributed by atoms with Gasteiger partial charge in [-0.05, 0) is 24.1 Å². The Kier molecular flexibility index (Phi) is 4.39. The van der Waals surface area contributed by atoms with Gasteiger partial charge in [-0.1, -0.05) is 19.9 Å². The number of hydrogen-bond donors (Lipinski definition) is 2. The topological polar surface area (TPSA) is 69.6 Å². The Bertz CT molecular complexity index is 514. The Morgan fingerprint density at radius 2 is 2.05 bits per heavy atom. The number of carboxylic acid groups (broad SMARTS) is 1. The van der Waals surface area contributed by atoms with Crippen molar-refractivity contribution in [1.82, 2.24) is 10.2 Å². The van der Waals surface area contributed by atoms with Crippen molar-refractivity contribution in [3.8, 4) is 0 Å². The van der Waals surface area contributed by atoms with Crippen LogP contribution < -0.4 is 5.32 Å². The summed E-state index contributed by atoms with van der Waals surface area (Å²) in [6.45, 7) is 6.33. The summed E-state index contributed by atoms with van der Waals surface area (Å²) >= 11 is 0. The predicted octanol–water partition coefficient (Wildman–Crippen LogP) is 1.45. The first-order valence-electron chi connectivity index (χ1n) is 6.85. The van der Waals surface area contributed by atoms with E-state index >= 15 is 0 Å². The molecule has 1 aromatic carbocycles. The molecule has 108 valence electrons. The molecular weight excluding hydrogens is 256 g/mol. The lowest BCUT2D eigenvalue weighted by Crippen LogP contribution is -2.54. The molecule has 1 aliphatic heterocycles. The monoisotopic (exact) mass is 276 g/mol. The second-order valence-electron chi connectivity index (χ2n) is 5.44. The van der Waals surface area contributed by atoms with Crippen LogP contribution in [-0.2, 0) is 0 Å². The van der Waals surface area contributed by atoms with Gasteiger partial charge < -0.3 is 15.3 Å². The van der Waals surface area contributed by atoms with E-state index in [1.165, 1.54) is 12.1 Å². The first kappa shape index (κ1) is 14.5. The minimum absolute atomic E-state index is 0.0970. The largest absolute Gasteiger partial charge is 0.478 e. The number of piperazine rings is 1. The maximum atomic E-state index is 12.4. The zero-order valence-corrected chi connectivity index (χ0v) is 11.8. The number of aromatic carboxylic acids is 1. The van der Waals surface area contributed by atoms with Gasteiger partial charge in [-0.2, -0.15) is 0 Å². The van der Waals surface area contributed by atoms with Crippen molar-refractivity contribution in [2.24, 2.45) is 5.92 Å². The van der Waals surface area contributed by atoms with E-state index in [0.29, 0.717) is 24.6 Å². The lowest BCUT2D eigenvalue weighted by Gasteiger charge is -2.35. The summed E-state index contributed by atoms with van der Waals surface area (Å²) in [6.07, 6.45) is 0. The Morgan fingerprint density at radius 1 is 1.35 bits per heavy atom. The summed E-state index contributed by atoms with van der Waals surface area (Å²) in [7, 11) is 0. The number of carbonyl (C=O) groups is 2. The van der Waals surface area contributed by atoms with Crippen molar-refractivity contribution < 1.29 is 14.7 Å². The molecule has 0 bridgehead atoms. The van der Waals surface area contributed by atoms with E-state index in [1.807, 2.05) is 0 Å². The minimum atomic E-state index is -1.01. The molecule has 0 aromatic heterocycles. The second kappa shape index (κ2) is 6.05. The first-order chi connectivity index (χ1) is 9.49. The van der Waals surface area contributed by atoms with Crippen molar-refractivity contribution in [2.75, 3.05) is 19.6 Å². The van der Waals surface area contributed by atoms with Crippen molar-refractivity contribution in [3.05, 3.63) is 35.4 Å². The fourth-order valence-corrected chi connectivity index (χ4v) is 2.38. The highest BCUT2D eigenvalue weighted by atomic mass is 16.4. The Hall–Kier alpha value is -1.88. The van der Waals surface area contributed by atoms with E-state index in [9.17, 15) is 9.59 Å². The Balaban J connectivity index is 2.14. The number of nitrogens with zero attached hydrogens (tertiary/aromatic N) is 1. The van der Waals surface area contributed by atoms with Crippen LogP contribution in [0.5, 0.6) is 0 Å².